The first-order valence-corrected chi connectivity index (χ1v) is 13.2. The lowest BCUT2D eigenvalue weighted by atomic mass is 10.1. The molecule has 3 aromatic rings. The molecule has 0 saturated carbocycles. The molecular formula is C14H14N2O10S4. The predicted molar refractivity (Wildman–Crippen MR) is 108 cm³/mol. The summed E-state index contributed by atoms with van der Waals surface area (Å²) >= 11 is 0.702. The number of ether oxygens (including phenoxy) is 1. The number of nitrogen functional groups attached to an aromatic ring is 1. The lowest BCUT2D eigenvalue weighted by Crippen LogP contribution is -2.09. The van der Waals surface area contributed by atoms with Crippen molar-refractivity contribution in [2.45, 2.75) is 16.2 Å². The largest absolute Gasteiger partial charge is 0.493 e. The Balaban J connectivity index is 2.25. The van der Waals surface area contributed by atoms with Crippen molar-refractivity contribution in [2.75, 3.05) is 18.1 Å². The van der Waals surface area contributed by atoms with Crippen LogP contribution < -0.4 is 10.5 Å². The van der Waals surface area contributed by atoms with Gasteiger partial charge in [-0.1, -0.05) is 11.3 Å². The third kappa shape index (κ3) is 4.80. The molecule has 1 aromatic heterocycles. The lowest BCUT2D eigenvalue weighted by molar-refractivity contribution is 0.315. The zero-order valence-corrected chi connectivity index (χ0v) is 18.0. The highest BCUT2D eigenvalue weighted by atomic mass is 32.2. The highest BCUT2D eigenvalue weighted by Gasteiger charge is 2.25. The molecule has 1 heterocycles. The minimum absolute atomic E-state index is 0.0553. The Bertz CT molecular complexity index is 1470. The molecule has 2 aromatic carbocycles. The maximum Gasteiger partial charge on any atom is 0.296 e. The van der Waals surface area contributed by atoms with E-state index in [-0.39, 0.29) is 44.9 Å². The van der Waals surface area contributed by atoms with E-state index in [2.05, 4.69) is 4.98 Å². The molecule has 0 bridgehead atoms. The Morgan fingerprint density at radius 3 is 2.17 bits per heavy atom. The van der Waals surface area contributed by atoms with Crippen molar-refractivity contribution in [1.82, 2.24) is 4.98 Å². The van der Waals surface area contributed by atoms with E-state index in [0.717, 1.165) is 12.1 Å². The van der Waals surface area contributed by atoms with Gasteiger partial charge in [0, 0.05) is 11.5 Å². The average Bonchev–Trinajstić information content (AvgIpc) is 2.95. The molecule has 12 nitrogen and oxygen atoms in total. The molecule has 3 rings (SSSR count). The maximum atomic E-state index is 12.0. The molecule has 0 aliphatic rings. The zero-order valence-electron chi connectivity index (χ0n) is 14.7. The summed E-state index contributed by atoms with van der Waals surface area (Å²) in [5, 5.41) is -0.298. The van der Waals surface area contributed by atoms with Gasteiger partial charge in [0.1, 0.15) is 15.5 Å². The van der Waals surface area contributed by atoms with E-state index < -0.39 is 45.9 Å². The summed E-state index contributed by atoms with van der Waals surface area (Å²) in [4.78, 5) is 2.71. The second-order valence-corrected chi connectivity index (χ2v) is 11.4. The van der Waals surface area contributed by atoms with Gasteiger partial charge in [0.25, 0.3) is 30.4 Å². The van der Waals surface area contributed by atoms with Crippen LogP contribution in [0, 0.1) is 0 Å². The van der Waals surface area contributed by atoms with E-state index in [4.69, 9.17) is 15.0 Å². The first kappa shape index (κ1) is 22.6. The summed E-state index contributed by atoms with van der Waals surface area (Å²) in [6, 6.07) is 3.15. The molecule has 0 saturated heterocycles. The van der Waals surface area contributed by atoms with E-state index in [9.17, 15) is 34.4 Å². The fourth-order valence-corrected chi connectivity index (χ4v) is 5.79. The van der Waals surface area contributed by atoms with Gasteiger partial charge in [-0.05, 0) is 23.9 Å². The van der Waals surface area contributed by atoms with Crippen LogP contribution in [-0.4, -0.2) is 56.3 Å². The third-order valence-corrected chi connectivity index (χ3v) is 7.48. The second kappa shape index (κ2) is 7.56. The molecule has 16 heteroatoms. The van der Waals surface area contributed by atoms with Gasteiger partial charge in [-0.2, -0.15) is 25.3 Å². The molecule has 0 radical (unpaired) electrons. The Morgan fingerprint density at radius 1 is 0.967 bits per heavy atom. The van der Waals surface area contributed by atoms with E-state index in [1.165, 1.54) is 6.07 Å². The number of hydrogen-bond acceptors (Lipinski definition) is 10. The van der Waals surface area contributed by atoms with Crippen LogP contribution in [0.15, 0.2) is 28.0 Å². The van der Waals surface area contributed by atoms with Crippen LogP contribution >= 0.6 is 11.3 Å². The lowest BCUT2D eigenvalue weighted by Gasteiger charge is -2.12. The number of thiazole rings is 1. The van der Waals surface area contributed by atoms with Crippen molar-refractivity contribution < 1.29 is 43.6 Å². The number of fused-ring (bicyclic) bond motifs is 3. The molecule has 164 valence electrons. The first-order chi connectivity index (χ1) is 13.7. The molecule has 0 unspecified atom stereocenters. The summed E-state index contributed by atoms with van der Waals surface area (Å²) in [6.07, 6.45) is -0.129. The molecule has 0 aliphatic heterocycles. The monoisotopic (exact) mass is 498 g/mol. The molecule has 0 spiro atoms. The Labute approximate surface area is 174 Å². The van der Waals surface area contributed by atoms with Gasteiger partial charge in [0.05, 0.1) is 22.6 Å². The van der Waals surface area contributed by atoms with Crippen LogP contribution in [0.4, 0.5) is 5.13 Å². The van der Waals surface area contributed by atoms with Crippen LogP contribution in [0.2, 0.25) is 0 Å². The molecule has 0 atom stereocenters. The van der Waals surface area contributed by atoms with Crippen LogP contribution in [0.25, 0.3) is 21.0 Å². The average molecular weight is 499 g/mol. The Kier molecular flexibility index (Phi) is 5.69. The van der Waals surface area contributed by atoms with Crippen LogP contribution in [-0.2, 0) is 30.4 Å². The van der Waals surface area contributed by atoms with Gasteiger partial charge in [0.2, 0.25) is 0 Å². The molecule has 0 aliphatic carbocycles. The SMILES string of the molecule is Nc1nc2c(s1)c(S(=O)(=O)O)cc1cc(OCCCS(=O)(=O)O)cc(S(=O)(=O)O)c12. The van der Waals surface area contributed by atoms with Crippen molar-refractivity contribution >= 4 is 67.8 Å². The zero-order chi connectivity index (χ0) is 22.5. The maximum absolute atomic E-state index is 12.0. The van der Waals surface area contributed by atoms with Gasteiger partial charge >= 0.3 is 0 Å². The van der Waals surface area contributed by atoms with Gasteiger partial charge in [0.15, 0.2) is 5.13 Å². The van der Waals surface area contributed by atoms with Gasteiger partial charge < -0.3 is 10.5 Å². The smallest absolute Gasteiger partial charge is 0.296 e. The van der Waals surface area contributed by atoms with Crippen LogP contribution in [0.5, 0.6) is 5.75 Å². The summed E-state index contributed by atoms with van der Waals surface area (Å²) < 4.78 is 102. The normalized spacial score (nSPS) is 13.2. The van der Waals surface area contributed by atoms with Crippen LogP contribution in [0.3, 0.4) is 0 Å². The quantitative estimate of drug-likeness (QED) is 0.267. The highest BCUT2D eigenvalue weighted by molar-refractivity contribution is 7.86. The highest BCUT2D eigenvalue weighted by Crippen LogP contribution is 2.40. The molecule has 0 amide bonds. The van der Waals surface area contributed by atoms with E-state index in [1.807, 2.05) is 0 Å². The van der Waals surface area contributed by atoms with Crippen molar-refractivity contribution in [3.8, 4) is 5.75 Å². The van der Waals surface area contributed by atoms with Crippen LogP contribution in [0.1, 0.15) is 6.42 Å². The molecule has 5 N–H and O–H groups in total. The number of aromatic nitrogens is 1. The summed E-state index contributed by atoms with van der Waals surface area (Å²) in [5.41, 5.74) is 5.46. The summed E-state index contributed by atoms with van der Waals surface area (Å²) in [7, 11) is -13.8. The topological polar surface area (TPSA) is 211 Å². The predicted octanol–water partition coefficient (Wildman–Crippen LogP) is 1.18. The van der Waals surface area contributed by atoms with Crippen molar-refractivity contribution in [1.29, 1.82) is 0 Å². The van der Waals surface area contributed by atoms with Gasteiger partial charge in [-0.3, -0.25) is 13.7 Å². The minimum Gasteiger partial charge on any atom is -0.493 e. The summed E-state index contributed by atoms with van der Waals surface area (Å²) in [6.45, 7) is -0.243. The third-order valence-electron chi connectivity index (χ3n) is 3.87. The second-order valence-electron chi connectivity index (χ2n) is 6.06. The van der Waals surface area contributed by atoms with Crippen molar-refractivity contribution in [2.24, 2.45) is 0 Å². The number of benzene rings is 2. The fraction of sp³-hybridized carbons (Fsp3) is 0.214. The molecule has 0 fully saturated rings. The first-order valence-electron chi connectivity index (χ1n) is 7.86. The van der Waals surface area contributed by atoms with Gasteiger partial charge in [-0.15, -0.1) is 0 Å². The molecular weight excluding hydrogens is 484 g/mol. The Hall–Kier alpha value is -2.08. The van der Waals surface area contributed by atoms with Gasteiger partial charge in [-0.25, -0.2) is 4.98 Å². The van der Waals surface area contributed by atoms with Crippen molar-refractivity contribution in [3.63, 3.8) is 0 Å². The van der Waals surface area contributed by atoms with Crippen molar-refractivity contribution in [3.05, 3.63) is 18.2 Å². The Morgan fingerprint density at radius 2 is 1.60 bits per heavy atom. The number of anilines is 1. The van der Waals surface area contributed by atoms with E-state index in [1.54, 1.807) is 0 Å². The minimum atomic E-state index is -4.84. The number of hydrogen-bond donors (Lipinski definition) is 4. The number of rotatable bonds is 7. The van der Waals surface area contributed by atoms with E-state index >= 15 is 0 Å². The standard InChI is InChI=1S/C14H14N2O10S4/c15-14-16-12-11-7(5-10(13(12)27-14)30(23,24)25)4-8(6-9(11)29(20,21)22)26-2-1-3-28(17,18)19/h4-6H,1-3H2,(H2,15,16)(H,17,18,19)(H,20,21,22)(H,23,24,25). The number of nitrogens with zero attached hydrogens (tertiary/aromatic N) is 1. The molecule has 30 heavy (non-hydrogen) atoms. The van der Waals surface area contributed by atoms with E-state index in [0.29, 0.717) is 11.3 Å². The summed E-state index contributed by atoms with van der Waals surface area (Å²) in [5.74, 6) is -0.744. The number of nitrogens with two attached hydrogens (primary N) is 1. The fourth-order valence-electron chi connectivity index (χ4n) is 2.77.